The average molecular weight is 297 g/mol. The second-order valence-electron chi connectivity index (χ2n) is 4.03. The van der Waals surface area contributed by atoms with Crippen molar-refractivity contribution in [2.75, 3.05) is 0 Å². The minimum Gasteiger partial charge on any atom is -0.218 e. The summed E-state index contributed by atoms with van der Waals surface area (Å²) in [5.41, 5.74) is 1.86. The van der Waals surface area contributed by atoms with Gasteiger partial charge >= 0.3 is 0 Å². The van der Waals surface area contributed by atoms with Gasteiger partial charge in [-0.2, -0.15) is 0 Å². The Hall–Kier alpha value is -2.73. The van der Waals surface area contributed by atoms with Gasteiger partial charge < -0.3 is 0 Å². The van der Waals surface area contributed by atoms with Crippen LogP contribution < -0.4 is 0 Å². The maximum atomic E-state index is 5.85. The lowest BCUT2D eigenvalue weighted by molar-refractivity contribution is 1.01. The number of aromatic nitrogens is 4. The summed E-state index contributed by atoms with van der Waals surface area (Å²) in [6, 6.07) is 9.14. The van der Waals surface area contributed by atoms with E-state index < -0.39 is 0 Å². The van der Waals surface area contributed by atoms with Gasteiger partial charge in [-0.15, -0.1) is 10.2 Å². The number of hydrogen-bond donors (Lipinski definition) is 0. The monoisotopic (exact) mass is 296 g/mol. The van der Waals surface area contributed by atoms with Gasteiger partial charge in [0.05, 0.1) is 0 Å². The third kappa shape index (κ3) is 3.43. The molecule has 0 radical (unpaired) electrons. The van der Waals surface area contributed by atoms with Gasteiger partial charge in [0, 0.05) is 35.4 Å². The first-order chi connectivity index (χ1) is 10.3. The molecule has 0 unspecified atom stereocenters. The van der Waals surface area contributed by atoms with Crippen LogP contribution in [0.1, 0.15) is 0 Å². The number of halogens is 1. The maximum absolute atomic E-state index is 5.85. The minimum atomic E-state index is 0.250. The van der Waals surface area contributed by atoms with Gasteiger partial charge in [0.2, 0.25) is 0 Å². The SMILES string of the molecule is Clc1ccc(-c2cnc(N=Nc3ncccn3)nc2)cc1. The Morgan fingerprint density at radius 3 is 1.90 bits per heavy atom. The molecule has 0 atom stereocenters. The van der Waals surface area contributed by atoms with Crippen LogP contribution in [-0.4, -0.2) is 19.9 Å². The fourth-order valence-corrected chi connectivity index (χ4v) is 1.72. The molecule has 2 aromatic heterocycles. The van der Waals surface area contributed by atoms with E-state index in [2.05, 4.69) is 30.2 Å². The first-order valence-electron chi connectivity index (χ1n) is 6.08. The number of hydrogen-bond acceptors (Lipinski definition) is 6. The van der Waals surface area contributed by atoms with Crippen molar-refractivity contribution in [2.24, 2.45) is 10.2 Å². The molecule has 0 bridgehead atoms. The van der Waals surface area contributed by atoms with Crippen molar-refractivity contribution in [3.63, 3.8) is 0 Å². The molecule has 0 N–H and O–H groups in total. The largest absolute Gasteiger partial charge is 0.268 e. The summed E-state index contributed by atoms with van der Waals surface area (Å²) in [5.74, 6) is 0.517. The summed E-state index contributed by atoms with van der Waals surface area (Å²) in [6.07, 6.45) is 6.53. The Labute approximate surface area is 125 Å². The molecule has 0 amide bonds. The van der Waals surface area contributed by atoms with Crippen molar-refractivity contribution in [1.82, 2.24) is 19.9 Å². The van der Waals surface area contributed by atoms with E-state index in [0.29, 0.717) is 5.02 Å². The highest BCUT2D eigenvalue weighted by atomic mass is 35.5. The van der Waals surface area contributed by atoms with Gasteiger partial charge in [0.1, 0.15) is 0 Å². The topological polar surface area (TPSA) is 76.3 Å². The van der Waals surface area contributed by atoms with Crippen molar-refractivity contribution in [3.05, 3.63) is 60.1 Å². The molecule has 7 heteroatoms. The number of azo groups is 1. The molecular weight excluding hydrogens is 288 g/mol. The van der Waals surface area contributed by atoms with Crippen LogP contribution in [0, 0.1) is 0 Å². The predicted molar refractivity (Wildman–Crippen MR) is 78.7 cm³/mol. The Balaban J connectivity index is 1.78. The first-order valence-corrected chi connectivity index (χ1v) is 6.46. The van der Waals surface area contributed by atoms with Crippen molar-refractivity contribution in [2.45, 2.75) is 0 Å². The van der Waals surface area contributed by atoms with Crippen LogP contribution in [0.25, 0.3) is 11.1 Å². The summed E-state index contributed by atoms with van der Waals surface area (Å²) in [7, 11) is 0. The van der Waals surface area contributed by atoms with Crippen molar-refractivity contribution in [1.29, 1.82) is 0 Å². The molecule has 3 rings (SSSR count). The van der Waals surface area contributed by atoms with E-state index in [-0.39, 0.29) is 11.9 Å². The van der Waals surface area contributed by atoms with Crippen LogP contribution in [-0.2, 0) is 0 Å². The molecular formula is C14H9ClN6. The highest BCUT2D eigenvalue weighted by molar-refractivity contribution is 6.30. The van der Waals surface area contributed by atoms with E-state index in [4.69, 9.17) is 11.6 Å². The predicted octanol–water partition coefficient (Wildman–Crippen LogP) is 4.00. The second kappa shape index (κ2) is 6.15. The molecule has 102 valence electrons. The van der Waals surface area contributed by atoms with Crippen LogP contribution in [0.4, 0.5) is 11.9 Å². The molecule has 6 nitrogen and oxygen atoms in total. The lowest BCUT2D eigenvalue weighted by atomic mass is 10.1. The van der Waals surface area contributed by atoms with Crippen LogP contribution in [0.3, 0.4) is 0 Å². The molecule has 21 heavy (non-hydrogen) atoms. The Morgan fingerprint density at radius 2 is 1.29 bits per heavy atom. The average Bonchev–Trinajstić information content (AvgIpc) is 2.55. The summed E-state index contributed by atoms with van der Waals surface area (Å²) < 4.78 is 0. The zero-order chi connectivity index (χ0) is 14.5. The van der Waals surface area contributed by atoms with Crippen LogP contribution in [0.5, 0.6) is 0 Å². The molecule has 0 spiro atoms. The normalized spacial score (nSPS) is 10.9. The number of rotatable bonds is 3. The smallest absolute Gasteiger partial charge is 0.218 e. The number of benzene rings is 1. The van der Waals surface area contributed by atoms with Gasteiger partial charge in [0.25, 0.3) is 11.9 Å². The van der Waals surface area contributed by atoms with E-state index >= 15 is 0 Å². The summed E-state index contributed by atoms with van der Waals surface area (Å²) in [5, 5.41) is 8.42. The van der Waals surface area contributed by atoms with E-state index in [9.17, 15) is 0 Å². The maximum Gasteiger partial charge on any atom is 0.268 e. The standard InChI is InChI=1S/C14H9ClN6/c15-12-4-2-10(3-5-12)11-8-18-14(19-9-11)21-20-13-16-6-1-7-17-13/h1-9H. The fourth-order valence-electron chi connectivity index (χ4n) is 1.60. The minimum absolute atomic E-state index is 0.250. The van der Waals surface area contributed by atoms with E-state index in [1.807, 2.05) is 24.3 Å². The third-order valence-electron chi connectivity index (χ3n) is 2.60. The quantitative estimate of drug-likeness (QED) is 0.684. The highest BCUT2D eigenvalue weighted by Crippen LogP contribution is 2.21. The summed E-state index contributed by atoms with van der Waals surface area (Å²) >= 11 is 5.85. The van der Waals surface area contributed by atoms with Crippen molar-refractivity contribution in [3.8, 4) is 11.1 Å². The van der Waals surface area contributed by atoms with Crippen molar-refractivity contribution >= 4 is 23.5 Å². The first kappa shape index (κ1) is 13.3. The molecule has 0 saturated carbocycles. The van der Waals surface area contributed by atoms with E-state index in [1.165, 1.54) is 0 Å². The molecule has 1 aromatic carbocycles. The Kier molecular flexibility index (Phi) is 3.88. The lowest BCUT2D eigenvalue weighted by Gasteiger charge is -2.00. The highest BCUT2D eigenvalue weighted by Gasteiger charge is 2.00. The van der Waals surface area contributed by atoms with Crippen LogP contribution in [0.2, 0.25) is 5.02 Å². The second-order valence-corrected chi connectivity index (χ2v) is 4.46. The Morgan fingerprint density at radius 1 is 0.714 bits per heavy atom. The molecule has 0 aliphatic rings. The van der Waals surface area contributed by atoms with Gasteiger partial charge in [-0.1, -0.05) is 23.7 Å². The molecule has 3 aromatic rings. The van der Waals surface area contributed by atoms with E-state index in [0.717, 1.165) is 11.1 Å². The number of nitrogens with zero attached hydrogens (tertiary/aromatic N) is 6. The molecule has 0 saturated heterocycles. The molecule has 2 heterocycles. The fraction of sp³-hybridized carbons (Fsp3) is 0. The van der Waals surface area contributed by atoms with Gasteiger partial charge in [-0.25, -0.2) is 19.9 Å². The van der Waals surface area contributed by atoms with Gasteiger partial charge in [0.15, 0.2) is 0 Å². The summed E-state index contributed by atoms with van der Waals surface area (Å²) in [6.45, 7) is 0. The molecule has 0 aliphatic carbocycles. The lowest BCUT2D eigenvalue weighted by Crippen LogP contribution is -1.84. The zero-order valence-corrected chi connectivity index (χ0v) is 11.5. The molecule has 0 aliphatic heterocycles. The van der Waals surface area contributed by atoms with Crippen LogP contribution >= 0.6 is 11.6 Å². The Bertz CT molecular complexity index is 741. The summed E-state index contributed by atoms with van der Waals surface area (Å²) in [4.78, 5) is 16.1. The van der Waals surface area contributed by atoms with Gasteiger partial charge in [-0.3, -0.25) is 0 Å². The van der Waals surface area contributed by atoms with Gasteiger partial charge in [-0.05, 0) is 23.8 Å². The molecule has 0 fully saturated rings. The van der Waals surface area contributed by atoms with E-state index in [1.54, 1.807) is 30.9 Å². The van der Waals surface area contributed by atoms with Crippen LogP contribution in [0.15, 0.2) is 65.3 Å². The third-order valence-corrected chi connectivity index (χ3v) is 2.85. The zero-order valence-electron chi connectivity index (χ0n) is 10.8. The van der Waals surface area contributed by atoms with Crippen molar-refractivity contribution < 1.29 is 0 Å².